The molecule has 6 heteroatoms. The van der Waals surface area contributed by atoms with Crippen molar-refractivity contribution >= 4 is 27.7 Å². The van der Waals surface area contributed by atoms with Gasteiger partial charge in [0.1, 0.15) is 11.8 Å². The maximum absolute atomic E-state index is 13.7. The van der Waals surface area contributed by atoms with E-state index in [9.17, 15) is 9.59 Å². The van der Waals surface area contributed by atoms with E-state index in [1.54, 1.807) is 4.90 Å². The number of nitrogens with one attached hydrogen (secondary N) is 1. The highest BCUT2D eigenvalue weighted by molar-refractivity contribution is 9.10. The van der Waals surface area contributed by atoms with Crippen molar-refractivity contribution < 1.29 is 14.3 Å². The molecule has 1 N–H and O–H groups in total. The normalized spacial score (nSPS) is 11.6. The van der Waals surface area contributed by atoms with Crippen LogP contribution < -0.4 is 10.1 Å². The lowest BCUT2D eigenvalue weighted by atomic mass is 10.0. The van der Waals surface area contributed by atoms with E-state index in [1.807, 2.05) is 86.6 Å². The molecule has 0 bridgehead atoms. The number of unbranched alkanes of at least 4 members (excludes halogenated alkanes) is 1. The number of amides is 2. The predicted octanol–water partition coefficient (Wildman–Crippen LogP) is 6.00. The van der Waals surface area contributed by atoms with Crippen molar-refractivity contribution in [2.24, 2.45) is 0 Å². The van der Waals surface area contributed by atoms with E-state index < -0.39 is 6.04 Å². The van der Waals surface area contributed by atoms with Crippen LogP contribution in [0.25, 0.3) is 0 Å². The summed E-state index contributed by atoms with van der Waals surface area (Å²) in [6, 6.07) is 22.8. The number of hydrogen-bond acceptors (Lipinski definition) is 3. The first-order valence-corrected chi connectivity index (χ1v) is 13.2. The lowest BCUT2D eigenvalue weighted by Crippen LogP contribution is -2.51. The molecule has 0 saturated carbocycles. The van der Waals surface area contributed by atoms with E-state index in [1.165, 1.54) is 0 Å². The number of benzene rings is 3. The van der Waals surface area contributed by atoms with Gasteiger partial charge in [0.2, 0.25) is 5.91 Å². The molecule has 3 aromatic rings. The van der Waals surface area contributed by atoms with Crippen LogP contribution in [0.2, 0.25) is 0 Å². The molecule has 0 heterocycles. The number of aryl methyl sites for hydroxylation is 1. The highest BCUT2D eigenvalue weighted by Crippen LogP contribution is 2.22. The van der Waals surface area contributed by atoms with Gasteiger partial charge in [-0.2, -0.15) is 0 Å². The number of carbonyl (C=O) groups excluding carboxylic acids is 2. The zero-order valence-corrected chi connectivity index (χ0v) is 22.9. The van der Waals surface area contributed by atoms with Crippen molar-refractivity contribution in [3.05, 3.63) is 99.5 Å². The number of rotatable bonds is 12. The summed E-state index contributed by atoms with van der Waals surface area (Å²) >= 11 is 3.47. The van der Waals surface area contributed by atoms with Gasteiger partial charge in [0.05, 0.1) is 0 Å². The molecule has 0 aromatic heterocycles. The first-order chi connectivity index (χ1) is 17.4. The summed E-state index contributed by atoms with van der Waals surface area (Å²) in [6.45, 7) is 6.82. The highest BCUT2D eigenvalue weighted by atomic mass is 79.9. The number of carbonyl (C=O) groups is 2. The Kier molecular flexibility index (Phi) is 10.6. The molecular formula is C30H35BrN2O3. The molecule has 0 aliphatic rings. The standard InChI is InChI=1S/C30H35BrN2O3/c1-4-5-18-32-30(35)27(19-24-11-7-6-8-12-24)33(20-25-14-16-26(31)17-15-25)29(34)21-36-28-13-9-10-22(2)23(28)3/h6-17,27H,4-5,18-21H2,1-3H3,(H,32,35). The van der Waals surface area contributed by atoms with Crippen molar-refractivity contribution in [3.63, 3.8) is 0 Å². The zero-order valence-electron chi connectivity index (χ0n) is 21.3. The summed E-state index contributed by atoms with van der Waals surface area (Å²) in [5.41, 5.74) is 4.04. The first-order valence-electron chi connectivity index (χ1n) is 12.4. The SMILES string of the molecule is CCCCNC(=O)C(Cc1ccccc1)N(Cc1ccc(Br)cc1)C(=O)COc1cccc(C)c1C. The molecule has 5 nitrogen and oxygen atoms in total. The van der Waals surface area contributed by atoms with Gasteiger partial charge in [-0.25, -0.2) is 0 Å². The van der Waals surface area contributed by atoms with Gasteiger partial charge in [-0.3, -0.25) is 9.59 Å². The second-order valence-electron chi connectivity index (χ2n) is 8.98. The Morgan fingerprint density at radius 2 is 1.67 bits per heavy atom. The summed E-state index contributed by atoms with van der Waals surface area (Å²) in [6.07, 6.45) is 2.29. The molecule has 1 atom stereocenters. The van der Waals surface area contributed by atoms with Gasteiger partial charge in [0.15, 0.2) is 6.61 Å². The van der Waals surface area contributed by atoms with Crippen LogP contribution in [-0.4, -0.2) is 35.9 Å². The minimum absolute atomic E-state index is 0.144. The van der Waals surface area contributed by atoms with E-state index in [0.717, 1.165) is 39.6 Å². The summed E-state index contributed by atoms with van der Waals surface area (Å²) in [4.78, 5) is 28.7. The quantitative estimate of drug-likeness (QED) is 0.281. The molecule has 3 aromatic carbocycles. The van der Waals surface area contributed by atoms with Crippen LogP contribution in [0.5, 0.6) is 5.75 Å². The predicted molar refractivity (Wildman–Crippen MR) is 148 cm³/mol. The smallest absolute Gasteiger partial charge is 0.261 e. The Hall–Kier alpha value is -3.12. The molecular weight excluding hydrogens is 516 g/mol. The minimum Gasteiger partial charge on any atom is -0.483 e. The van der Waals surface area contributed by atoms with E-state index in [4.69, 9.17) is 4.74 Å². The van der Waals surface area contributed by atoms with Crippen LogP contribution >= 0.6 is 15.9 Å². The van der Waals surface area contributed by atoms with Crippen molar-refractivity contribution in [2.45, 2.75) is 52.6 Å². The Morgan fingerprint density at radius 1 is 0.944 bits per heavy atom. The average molecular weight is 552 g/mol. The van der Waals surface area contributed by atoms with E-state index in [0.29, 0.717) is 25.3 Å². The summed E-state index contributed by atoms with van der Waals surface area (Å²) in [7, 11) is 0. The lowest BCUT2D eigenvalue weighted by molar-refractivity contribution is -0.142. The second-order valence-corrected chi connectivity index (χ2v) is 9.90. The van der Waals surface area contributed by atoms with Gasteiger partial charge in [-0.1, -0.05) is 83.9 Å². The average Bonchev–Trinajstić information content (AvgIpc) is 2.88. The number of nitrogens with zero attached hydrogens (tertiary/aromatic N) is 1. The van der Waals surface area contributed by atoms with Crippen LogP contribution in [-0.2, 0) is 22.6 Å². The number of hydrogen-bond donors (Lipinski definition) is 1. The Labute approximate surface area is 223 Å². The molecule has 1 unspecified atom stereocenters. The summed E-state index contributed by atoms with van der Waals surface area (Å²) in [5.74, 6) is 0.300. The third-order valence-electron chi connectivity index (χ3n) is 6.27. The lowest BCUT2D eigenvalue weighted by Gasteiger charge is -2.31. The van der Waals surface area contributed by atoms with E-state index >= 15 is 0 Å². The number of ether oxygens (including phenoxy) is 1. The van der Waals surface area contributed by atoms with Gasteiger partial charge in [0.25, 0.3) is 5.91 Å². The Balaban J connectivity index is 1.89. The van der Waals surface area contributed by atoms with Crippen LogP contribution in [0.3, 0.4) is 0 Å². The largest absolute Gasteiger partial charge is 0.483 e. The van der Waals surface area contributed by atoms with Gasteiger partial charge >= 0.3 is 0 Å². The molecule has 0 radical (unpaired) electrons. The molecule has 190 valence electrons. The maximum atomic E-state index is 13.7. The topological polar surface area (TPSA) is 58.6 Å². The molecule has 0 aliphatic heterocycles. The maximum Gasteiger partial charge on any atom is 0.261 e. The molecule has 3 rings (SSSR count). The molecule has 36 heavy (non-hydrogen) atoms. The van der Waals surface area contributed by atoms with Gasteiger partial charge in [-0.05, 0) is 60.7 Å². The molecule has 2 amide bonds. The Morgan fingerprint density at radius 3 is 2.36 bits per heavy atom. The van der Waals surface area contributed by atoms with E-state index in [-0.39, 0.29) is 18.4 Å². The summed E-state index contributed by atoms with van der Waals surface area (Å²) < 4.78 is 6.92. The van der Waals surface area contributed by atoms with Gasteiger partial charge < -0.3 is 15.0 Å². The zero-order chi connectivity index (χ0) is 25.9. The van der Waals surface area contributed by atoms with E-state index in [2.05, 4.69) is 28.2 Å². The Bertz CT molecular complexity index is 1130. The van der Waals surface area contributed by atoms with Crippen LogP contribution in [0.15, 0.2) is 77.3 Å². The fourth-order valence-corrected chi connectivity index (χ4v) is 4.21. The van der Waals surface area contributed by atoms with Gasteiger partial charge in [0, 0.05) is 24.0 Å². The van der Waals surface area contributed by atoms with Crippen molar-refractivity contribution in [1.29, 1.82) is 0 Å². The molecule has 0 spiro atoms. The van der Waals surface area contributed by atoms with Crippen molar-refractivity contribution in [1.82, 2.24) is 10.2 Å². The fourth-order valence-electron chi connectivity index (χ4n) is 3.95. The highest BCUT2D eigenvalue weighted by Gasteiger charge is 2.30. The minimum atomic E-state index is -0.664. The molecule has 0 saturated heterocycles. The first kappa shape index (κ1) is 27.5. The van der Waals surface area contributed by atoms with Crippen molar-refractivity contribution in [3.8, 4) is 5.75 Å². The fraction of sp³-hybridized carbons (Fsp3) is 0.333. The van der Waals surface area contributed by atoms with Gasteiger partial charge in [-0.15, -0.1) is 0 Å². The van der Waals surface area contributed by atoms with Crippen LogP contribution in [0.4, 0.5) is 0 Å². The third kappa shape index (κ3) is 7.95. The van der Waals surface area contributed by atoms with Crippen LogP contribution in [0, 0.1) is 13.8 Å². The van der Waals surface area contributed by atoms with Crippen molar-refractivity contribution in [2.75, 3.05) is 13.2 Å². The second kappa shape index (κ2) is 13.8. The summed E-state index contributed by atoms with van der Waals surface area (Å²) in [5, 5.41) is 3.04. The van der Waals surface area contributed by atoms with Crippen LogP contribution in [0.1, 0.15) is 42.0 Å². The monoisotopic (exact) mass is 550 g/mol. The molecule has 0 aliphatic carbocycles. The third-order valence-corrected chi connectivity index (χ3v) is 6.80. The number of halogens is 1. The molecule has 0 fully saturated rings.